The van der Waals surface area contributed by atoms with Gasteiger partial charge in [0, 0.05) is 50.9 Å². The first kappa shape index (κ1) is 15.5. The molecule has 8 rings (SSSR count). The van der Waals surface area contributed by atoms with Crippen LogP contribution < -0.4 is 0 Å². The molecule has 0 aliphatic carbocycles. The third-order valence-electron chi connectivity index (χ3n) is 6.30. The molecule has 144 valence electrons. The zero-order valence-electron chi connectivity index (χ0n) is 16.2. The maximum atomic E-state index is 6.50. The van der Waals surface area contributed by atoms with Crippen molar-refractivity contribution in [2.45, 2.75) is 0 Å². The molecule has 0 bridgehead atoms. The Morgan fingerprint density at radius 1 is 0.613 bits per heavy atom. The fourth-order valence-corrected chi connectivity index (χ4v) is 5.05. The molecule has 3 aromatic carbocycles. The Hall–Kier alpha value is -4.38. The molecule has 0 saturated carbocycles. The predicted octanol–water partition coefficient (Wildman–Crippen LogP) is 6.83. The van der Waals surface area contributed by atoms with Crippen molar-refractivity contribution < 1.29 is 8.83 Å². The predicted molar refractivity (Wildman–Crippen MR) is 123 cm³/mol. The molecular weight excluding hydrogens is 386 g/mol. The van der Waals surface area contributed by atoms with E-state index < -0.39 is 0 Å². The second kappa shape index (κ2) is 5.21. The Morgan fingerprint density at radius 3 is 2.39 bits per heavy atom. The molecule has 0 aliphatic heterocycles. The Labute approximate surface area is 174 Å². The molecule has 5 heteroatoms. The summed E-state index contributed by atoms with van der Waals surface area (Å²) in [5, 5.41) is 6.39. The van der Waals surface area contributed by atoms with Gasteiger partial charge in [0.15, 0.2) is 5.58 Å². The summed E-state index contributed by atoms with van der Waals surface area (Å²) in [6, 6.07) is 20.4. The van der Waals surface area contributed by atoms with E-state index in [0.29, 0.717) is 0 Å². The van der Waals surface area contributed by atoms with Crippen LogP contribution in [-0.4, -0.2) is 14.4 Å². The van der Waals surface area contributed by atoms with E-state index in [9.17, 15) is 0 Å². The number of rotatable bonds is 0. The molecule has 8 aromatic rings. The van der Waals surface area contributed by atoms with Crippen LogP contribution >= 0.6 is 0 Å². The van der Waals surface area contributed by atoms with E-state index in [0.717, 1.165) is 71.3 Å². The van der Waals surface area contributed by atoms with Crippen LogP contribution in [0.25, 0.3) is 71.3 Å². The van der Waals surface area contributed by atoms with Crippen molar-refractivity contribution in [1.82, 2.24) is 14.4 Å². The molecule has 0 amide bonds. The summed E-state index contributed by atoms with van der Waals surface area (Å²) in [6.07, 6.45) is 5.63. The molecule has 0 spiro atoms. The lowest BCUT2D eigenvalue weighted by atomic mass is 10.0. The molecule has 0 atom stereocenters. The quantitative estimate of drug-likeness (QED) is 0.262. The number of hydrogen-bond acceptors (Lipinski definition) is 4. The number of imidazole rings is 1. The fraction of sp³-hybridized carbons (Fsp3) is 0. The van der Waals surface area contributed by atoms with Gasteiger partial charge in [0.05, 0.1) is 5.52 Å². The number of pyridine rings is 2. The van der Waals surface area contributed by atoms with E-state index in [2.05, 4.69) is 38.6 Å². The molecule has 5 nitrogen and oxygen atoms in total. The summed E-state index contributed by atoms with van der Waals surface area (Å²) in [5.74, 6) is 0. The maximum absolute atomic E-state index is 6.50. The van der Waals surface area contributed by atoms with Crippen LogP contribution in [0.15, 0.2) is 88.1 Å². The third kappa shape index (κ3) is 1.78. The zero-order chi connectivity index (χ0) is 20.1. The highest BCUT2D eigenvalue weighted by atomic mass is 16.3. The highest BCUT2D eigenvalue weighted by Gasteiger charge is 2.20. The summed E-state index contributed by atoms with van der Waals surface area (Å²) in [6.45, 7) is 0. The lowest BCUT2D eigenvalue weighted by molar-refractivity contribution is 0.664. The van der Waals surface area contributed by atoms with Gasteiger partial charge in [0.25, 0.3) is 0 Å². The number of benzene rings is 3. The van der Waals surface area contributed by atoms with Crippen molar-refractivity contribution in [3.05, 3.63) is 79.3 Å². The lowest BCUT2D eigenvalue weighted by Crippen LogP contribution is -1.92. The monoisotopic (exact) mass is 399 g/mol. The normalized spacial score (nSPS) is 12.5. The summed E-state index contributed by atoms with van der Waals surface area (Å²) < 4.78 is 14.7. The number of hydrogen-bond donors (Lipinski definition) is 0. The Bertz CT molecular complexity index is 2010. The summed E-state index contributed by atoms with van der Waals surface area (Å²) >= 11 is 0. The zero-order valence-corrected chi connectivity index (χ0v) is 16.2. The minimum atomic E-state index is 0.834. The van der Waals surface area contributed by atoms with Crippen molar-refractivity contribution in [2.75, 3.05) is 0 Å². The molecule has 0 saturated heterocycles. The van der Waals surface area contributed by atoms with E-state index in [4.69, 9.17) is 8.83 Å². The topological polar surface area (TPSA) is 56.5 Å². The van der Waals surface area contributed by atoms with E-state index >= 15 is 0 Å². The molecule has 0 fully saturated rings. The molecular formula is C26H13N3O2. The highest BCUT2D eigenvalue weighted by molar-refractivity contribution is 6.29. The Balaban J connectivity index is 1.69. The molecule has 0 radical (unpaired) electrons. The second-order valence-corrected chi connectivity index (χ2v) is 7.87. The van der Waals surface area contributed by atoms with E-state index in [1.54, 1.807) is 0 Å². The standard InChI is InChI=1S/C26H13N3O2/c1-2-6-18-14(4-1)21-19(30-18)9-10-20-22(21)15-7-8-16-23-17(5-3-11-27-23)26-28-12-13-29(26)24(16)25(15)31-20/h1-13H. The van der Waals surface area contributed by atoms with E-state index in [1.807, 2.05) is 55.0 Å². The molecule has 31 heavy (non-hydrogen) atoms. The van der Waals surface area contributed by atoms with Crippen molar-refractivity contribution in [1.29, 1.82) is 0 Å². The van der Waals surface area contributed by atoms with Gasteiger partial charge in [-0.1, -0.05) is 18.2 Å². The lowest BCUT2D eigenvalue weighted by Gasteiger charge is -2.07. The van der Waals surface area contributed by atoms with Gasteiger partial charge in [-0.3, -0.25) is 9.38 Å². The molecule has 0 unspecified atom stereocenters. The fourth-order valence-electron chi connectivity index (χ4n) is 5.05. The molecule has 0 N–H and O–H groups in total. The number of furan rings is 2. The van der Waals surface area contributed by atoms with Gasteiger partial charge in [-0.2, -0.15) is 0 Å². The molecule has 5 aromatic heterocycles. The summed E-state index contributed by atoms with van der Waals surface area (Å²) in [5.41, 5.74) is 6.21. The summed E-state index contributed by atoms with van der Waals surface area (Å²) in [7, 11) is 0. The van der Waals surface area contributed by atoms with Gasteiger partial charge >= 0.3 is 0 Å². The average Bonchev–Trinajstić information content (AvgIpc) is 3.53. The largest absolute Gasteiger partial charge is 0.456 e. The Morgan fingerprint density at radius 2 is 1.42 bits per heavy atom. The summed E-state index contributed by atoms with van der Waals surface area (Å²) in [4.78, 5) is 9.28. The van der Waals surface area contributed by atoms with E-state index in [1.165, 1.54) is 0 Å². The van der Waals surface area contributed by atoms with Crippen molar-refractivity contribution >= 4 is 71.3 Å². The smallest absolute Gasteiger partial charge is 0.160 e. The first-order valence-electron chi connectivity index (χ1n) is 10.2. The minimum Gasteiger partial charge on any atom is -0.456 e. The van der Waals surface area contributed by atoms with Crippen LogP contribution in [0.4, 0.5) is 0 Å². The van der Waals surface area contributed by atoms with Gasteiger partial charge in [-0.25, -0.2) is 4.98 Å². The van der Waals surface area contributed by atoms with Crippen LogP contribution in [0.2, 0.25) is 0 Å². The number of fused-ring (bicyclic) bond motifs is 14. The van der Waals surface area contributed by atoms with E-state index in [-0.39, 0.29) is 0 Å². The highest BCUT2D eigenvalue weighted by Crippen LogP contribution is 2.42. The number of nitrogens with zero attached hydrogens (tertiary/aromatic N) is 3. The van der Waals surface area contributed by atoms with Crippen LogP contribution in [0.1, 0.15) is 0 Å². The van der Waals surface area contributed by atoms with Crippen LogP contribution in [0.3, 0.4) is 0 Å². The number of aromatic nitrogens is 3. The third-order valence-corrected chi connectivity index (χ3v) is 6.30. The molecule has 5 heterocycles. The van der Waals surface area contributed by atoms with Crippen LogP contribution in [-0.2, 0) is 0 Å². The molecule has 0 aliphatic rings. The van der Waals surface area contributed by atoms with Gasteiger partial charge in [0.2, 0.25) is 0 Å². The van der Waals surface area contributed by atoms with Gasteiger partial charge in [-0.05, 0) is 42.5 Å². The van der Waals surface area contributed by atoms with Crippen LogP contribution in [0.5, 0.6) is 0 Å². The van der Waals surface area contributed by atoms with Gasteiger partial charge < -0.3 is 8.83 Å². The van der Waals surface area contributed by atoms with Crippen LogP contribution in [0, 0.1) is 0 Å². The van der Waals surface area contributed by atoms with Crippen molar-refractivity contribution in [3.63, 3.8) is 0 Å². The number of para-hydroxylation sites is 1. The average molecular weight is 399 g/mol. The maximum Gasteiger partial charge on any atom is 0.160 e. The minimum absolute atomic E-state index is 0.834. The van der Waals surface area contributed by atoms with Gasteiger partial charge in [-0.15, -0.1) is 0 Å². The first-order valence-corrected chi connectivity index (χ1v) is 10.2. The van der Waals surface area contributed by atoms with Gasteiger partial charge in [0.1, 0.15) is 27.9 Å². The van der Waals surface area contributed by atoms with Crippen molar-refractivity contribution in [2.24, 2.45) is 0 Å². The van der Waals surface area contributed by atoms with Crippen molar-refractivity contribution in [3.8, 4) is 0 Å². The Kier molecular flexibility index (Phi) is 2.60. The first-order chi connectivity index (χ1) is 15.4. The second-order valence-electron chi connectivity index (χ2n) is 7.87. The SMILES string of the molecule is c1ccc2c(c1)oc1ccc3oc4c(ccc5c6ncccc6c6nccn6c54)c3c12.